The second-order valence-corrected chi connectivity index (χ2v) is 8.04. The van der Waals surface area contributed by atoms with Gasteiger partial charge in [0.2, 0.25) is 0 Å². The molecule has 1 saturated carbocycles. The van der Waals surface area contributed by atoms with E-state index in [-0.39, 0.29) is 23.9 Å². The second kappa shape index (κ2) is 7.33. The number of halogens is 1. The van der Waals surface area contributed by atoms with Crippen LogP contribution in [0.15, 0.2) is 6.07 Å². The average Bonchev–Trinajstić information content (AvgIpc) is 2.91. The molecule has 22 heavy (non-hydrogen) atoms. The van der Waals surface area contributed by atoms with E-state index in [0.29, 0.717) is 6.54 Å². The molecule has 3 N–H and O–H groups in total. The summed E-state index contributed by atoms with van der Waals surface area (Å²) in [6, 6.07) is 2.12. The van der Waals surface area contributed by atoms with Gasteiger partial charge in [-0.05, 0) is 49.7 Å². The minimum Gasteiger partial charge on any atom is -0.345 e. The summed E-state index contributed by atoms with van der Waals surface area (Å²) in [5.74, 6) is 0.839. The van der Waals surface area contributed by atoms with Gasteiger partial charge in [-0.1, -0.05) is 26.2 Å². The van der Waals surface area contributed by atoms with Crippen molar-refractivity contribution in [1.29, 1.82) is 0 Å². The van der Waals surface area contributed by atoms with Gasteiger partial charge in [0.25, 0.3) is 5.91 Å². The summed E-state index contributed by atoms with van der Waals surface area (Å²) in [7, 11) is 0. The minimum absolute atomic E-state index is 0. The molecular weight excluding hydrogens is 316 g/mol. The molecule has 1 fully saturated rings. The van der Waals surface area contributed by atoms with Gasteiger partial charge in [0, 0.05) is 11.4 Å². The molecule has 5 heteroatoms. The van der Waals surface area contributed by atoms with Crippen LogP contribution >= 0.6 is 23.7 Å². The first kappa shape index (κ1) is 17.8. The highest BCUT2D eigenvalue weighted by Crippen LogP contribution is 2.33. The molecule has 0 spiro atoms. The van der Waals surface area contributed by atoms with E-state index in [2.05, 4.69) is 18.3 Å². The molecule has 1 atom stereocenters. The van der Waals surface area contributed by atoms with E-state index in [1.165, 1.54) is 36.1 Å². The average molecular weight is 343 g/mol. The predicted octanol–water partition coefficient (Wildman–Crippen LogP) is 3.69. The smallest absolute Gasteiger partial charge is 0.261 e. The maximum atomic E-state index is 12.6. The number of hydrogen-bond acceptors (Lipinski definition) is 3. The van der Waals surface area contributed by atoms with Crippen molar-refractivity contribution in [3.63, 3.8) is 0 Å². The summed E-state index contributed by atoms with van der Waals surface area (Å²) in [6.45, 7) is 2.85. The quantitative estimate of drug-likeness (QED) is 0.880. The number of carbonyl (C=O) groups is 1. The molecule has 1 aromatic rings. The van der Waals surface area contributed by atoms with Crippen molar-refractivity contribution in [2.75, 3.05) is 6.54 Å². The van der Waals surface area contributed by atoms with Crippen LogP contribution in [-0.4, -0.2) is 18.0 Å². The van der Waals surface area contributed by atoms with E-state index >= 15 is 0 Å². The van der Waals surface area contributed by atoms with Gasteiger partial charge in [-0.3, -0.25) is 4.79 Å². The van der Waals surface area contributed by atoms with Crippen molar-refractivity contribution in [2.45, 2.75) is 63.8 Å². The van der Waals surface area contributed by atoms with Crippen LogP contribution in [0.4, 0.5) is 0 Å². The third-order valence-electron chi connectivity index (χ3n) is 5.13. The maximum absolute atomic E-state index is 12.6. The maximum Gasteiger partial charge on any atom is 0.261 e. The molecule has 2 aliphatic carbocycles. The fourth-order valence-corrected chi connectivity index (χ4v) is 4.83. The number of aryl methyl sites for hydroxylation is 1. The van der Waals surface area contributed by atoms with Gasteiger partial charge in [-0.2, -0.15) is 0 Å². The number of nitrogens with one attached hydrogen (secondary N) is 1. The molecule has 1 aromatic heterocycles. The monoisotopic (exact) mass is 342 g/mol. The largest absolute Gasteiger partial charge is 0.345 e. The SMILES string of the molecule is CC1CCc2sc(C(=O)NC3(CN)CCCCC3)cc2C1.Cl. The molecule has 0 bridgehead atoms. The number of fused-ring (bicyclic) bond motifs is 1. The van der Waals surface area contributed by atoms with Crippen molar-refractivity contribution in [3.05, 3.63) is 21.4 Å². The Morgan fingerprint density at radius 2 is 2.14 bits per heavy atom. The van der Waals surface area contributed by atoms with Gasteiger partial charge in [0.1, 0.15) is 0 Å². The van der Waals surface area contributed by atoms with E-state index < -0.39 is 0 Å². The van der Waals surface area contributed by atoms with E-state index in [9.17, 15) is 4.79 Å². The molecular formula is C17H27ClN2OS. The zero-order chi connectivity index (χ0) is 14.9. The van der Waals surface area contributed by atoms with Crippen molar-refractivity contribution in [3.8, 4) is 0 Å². The zero-order valence-electron chi connectivity index (χ0n) is 13.3. The molecule has 124 valence electrons. The lowest BCUT2D eigenvalue weighted by Gasteiger charge is -2.37. The summed E-state index contributed by atoms with van der Waals surface area (Å²) in [4.78, 5) is 14.9. The van der Waals surface area contributed by atoms with Crippen molar-refractivity contribution < 1.29 is 4.79 Å². The van der Waals surface area contributed by atoms with E-state index in [1.807, 2.05) is 0 Å². The van der Waals surface area contributed by atoms with Crippen molar-refractivity contribution in [1.82, 2.24) is 5.32 Å². The first-order chi connectivity index (χ1) is 10.1. The third-order valence-corrected chi connectivity index (χ3v) is 6.37. The number of nitrogens with two attached hydrogens (primary N) is 1. The molecule has 0 aliphatic heterocycles. The van der Waals surface area contributed by atoms with Crippen LogP contribution in [-0.2, 0) is 12.8 Å². The number of hydrogen-bond donors (Lipinski definition) is 2. The Balaban J connectivity index is 0.00000176. The minimum atomic E-state index is -0.160. The van der Waals surface area contributed by atoms with E-state index in [4.69, 9.17) is 5.73 Å². The van der Waals surface area contributed by atoms with Crippen LogP contribution in [0.3, 0.4) is 0 Å². The zero-order valence-corrected chi connectivity index (χ0v) is 15.0. The van der Waals surface area contributed by atoms with Gasteiger partial charge in [-0.25, -0.2) is 0 Å². The van der Waals surface area contributed by atoms with Gasteiger partial charge in [0.15, 0.2) is 0 Å². The molecule has 1 unspecified atom stereocenters. The lowest BCUT2D eigenvalue weighted by Crippen LogP contribution is -2.54. The van der Waals surface area contributed by atoms with Crippen LogP contribution in [0.1, 0.15) is 65.6 Å². The van der Waals surface area contributed by atoms with E-state index in [0.717, 1.165) is 36.5 Å². The Bertz CT molecular complexity index is 523. The topological polar surface area (TPSA) is 55.1 Å². The van der Waals surface area contributed by atoms with E-state index in [1.54, 1.807) is 11.3 Å². The van der Waals surface area contributed by atoms with Crippen molar-refractivity contribution >= 4 is 29.7 Å². The molecule has 0 aromatic carbocycles. The molecule has 3 nitrogen and oxygen atoms in total. The highest BCUT2D eigenvalue weighted by atomic mass is 35.5. The molecule has 1 heterocycles. The fourth-order valence-electron chi connectivity index (χ4n) is 3.73. The molecule has 1 amide bonds. The molecule has 3 rings (SSSR count). The predicted molar refractivity (Wildman–Crippen MR) is 95.1 cm³/mol. The van der Waals surface area contributed by atoms with Crippen LogP contribution in [0.2, 0.25) is 0 Å². The Kier molecular flexibility index (Phi) is 5.92. The lowest BCUT2D eigenvalue weighted by atomic mass is 9.81. The summed E-state index contributed by atoms with van der Waals surface area (Å²) in [6.07, 6.45) is 9.18. The normalized spacial score (nSPS) is 23.3. The summed E-state index contributed by atoms with van der Waals surface area (Å²) < 4.78 is 0. The molecule has 0 saturated heterocycles. The highest BCUT2D eigenvalue weighted by molar-refractivity contribution is 7.14. The number of carbonyl (C=O) groups excluding carboxylic acids is 1. The van der Waals surface area contributed by atoms with Gasteiger partial charge < -0.3 is 11.1 Å². The number of thiophene rings is 1. The van der Waals surface area contributed by atoms with Gasteiger partial charge in [-0.15, -0.1) is 23.7 Å². The van der Waals surface area contributed by atoms with Crippen LogP contribution in [0.5, 0.6) is 0 Å². The highest BCUT2D eigenvalue weighted by Gasteiger charge is 2.33. The summed E-state index contributed by atoms with van der Waals surface area (Å²) >= 11 is 1.69. The van der Waals surface area contributed by atoms with Crippen LogP contribution < -0.4 is 11.1 Å². The fraction of sp³-hybridized carbons (Fsp3) is 0.706. The van der Waals surface area contributed by atoms with Crippen molar-refractivity contribution in [2.24, 2.45) is 11.7 Å². The summed E-state index contributed by atoms with van der Waals surface area (Å²) in [5, 5.41) is 3.27. The van der Waals surface area contributed by atoms with Crippen LogP contribution in [0.25, 0.3) is 0 Å². The lowest BCUT2D eigenvalue weighted by molar-refractivity contribution is 0.0879. The Labute approximate surface area is 143 Å². The number of amides is 1. The second-order valence-electron chi connectivity index (χ2n) is 6.91. The molecule has 0 radical (unpaired) electrons. The first-order valence-electron chi connectivity index (χ1n) is 8.26. The Morgan fingerprint density at radius 1 is 1.41 bits per heavy atom. The Hall–Kier alpha value is -0.580. The first-order valence-corrected chi connectivity index (χ1v) is 9.08. The standard InChI is InChI=1S/C17H26N2OS.ClH/c1-12-5-6-14-13(9-12)10-15(21-14)16(20)19-17(11-18)7-3-2-4-8-17;/h10,12H,2-9,11,18H2,1H3,(H,19,20);1H. The van der Waals surface area contributed by atoms with Crippen LogP contribution in [0, 0.1) is 5.92 Å². The molecule has 2 aliphatic rings. The van der Waals surface area contributed by atoms with Gasteiger partial charge >= 0.3 is 0 Å². The third kappa shape index (κ3) is 3.66. The Morgan fingerprint density at radius 3 is 2.82 bits per heavy atom. The summed E-state index contributed by atoms with van der Waals surface area (Å²) in [5.41, 5.74) is 7.21. The van der Waals surface area contributed by atoms with Gasteiger partial charge in [0.05, 0.1) is 10.4 Å². The number of rotatable bonds is 3.